The van der Waals surface area contributed by atoms with Gasteiger partial charge in [-0.25, -0.2) is 0 Å². The molecule has 0 radical (unpaired) electrons. The van der Waals surface area contributed by atoms with E-state index >= 15 is 0 Å². The van der Waals surface area contributed by atoms with Crippen molar-refractivity contribution in [1.29, 1.82) is 0 Å². The molecule has 4 heteroatoms. The van der Waals surface area contributed by atoms with Crippen LogP contribution in [0.2, 0.25) is 0 Å². The number of rotatable bonds is 3. The van der Waals surface area contributed by atoms with Crippen molar-refractivity contribution < 1.29 is 9.90 Å². The van der Waals surface area contributed by atoms with Crippen molar-refractivity contribution in [3.63, 3.8) is 0 Å². The van der Waals surface area contributed by atoms with Gasteiger partial charge in [0.2, 0.25) is 0 Å². The molecule has 1 aromatic heterocycles. The van der Waals surface area contributed by atoms with Gasteiger partial charge in [0.25, 0.3) is 0 Å². The number of hydrogen-bond acceptors (Lipinski definition) is 3. The lowest BCUT2D eigenvalue weighted by atomic mass is 10.1. The lowest BCUT2D eigenvalue weighted by Crippen LogP contribution is -2.11. The average Bonchev–Trinajstić information content (AvgIpc) is 2.69. The molecular weight excluding hydrogens is 198 g/mol. The van der Waals surface area contributed by atoms with E-state index < -0.39 is 5.97 Å². The van der Waals surface area contributed by atoms with Crippen LogP contribution in [0.5, 0.6) is 0 Å². The van der Waals surface area contributed by atoms with Crippen molar-refractivity contribution in [2.75, 3.05) is 6.54 Å². The van der Waals surface area contributed by atoms with Gasteiger partial charge in [0.1, 0.15) is 0 Å². The molecule has 0 bridgehead atoms. The van der Waals surface area contributed by atoms with Crippen molar-refractivity contribution in [2.45, 2.75) is 25.3 Å². The fourth-order valence-electron chi connectivity index (χ4n) is 1.79. The fraction of sp³-hybridized carbons (Fsp3) is 0.500. The molecule has 2 heterocycles. The lowest BCUT2D eigenvalue weighted by Gasteiger charge is -2.06. The zero-order valence-corrected chi connectivity index (χ0v) is 8.64. The molecule has 0 amide bonds. The summed E-state index contributed by atoms with van der Waals surface area (Å²) in [5.74, 6) is -0.752. The summed E-state index contributed by atoms with van der Waals surface area (Å²) in [5.41, 5.74) is 1.25. The Bertz CT molecular complexity index is 329. The average molecular weight is 211 g/mol. The Kier molecular flexibility index (Phi) is 2.84. The SMILES string of the molecule is O=C(O)Cc1cc(C2CCCN2)cs1. The van der Waals surface area contributed by atoms with Gasteiger partial charge >= 0.3 is 5.97 Å². The molecule has 1 aliphatic heterocycles. The van der Waals surface area contributed by atoms with E-state index in [4.69, 9.17) is 5.11 Å². The standard InChI is InChI=1S/C10H13NO2S/c12-10(13)5-8-4-7(6-14-8)9-2-1-3-11-9/h4,6,9,11H,1-3,5H2,(H,12,13). The highest BCUT2D eigenvalue weighted by atomic mass is 32.1. The minimum absolute atomic E-state index is 0.150. The summed E-state index contributed by atoms with van der Waals surface area (Å²) in [5, 5.41) is 14.1. The van der Waals surface area contributed by atoms with Crippen LogP contribution in [0.25, 0.3) is 0 Å². The van der Waals surface area contributed by atoms with Gasteiger partial charge in [-0.3, -0.25) is 4.79 Å². The predicted octanol–water partition coefficient (Wildman–Crippen LogP) is 1.80. The molecule has 0 spiro atoms. The first-order chi connectivity index (χ1) is 6.75. The van der Waals surface area contributed by atoms with Crippen LogP contribution in [0.15, 0.2) is 11.4 Å². The maximum atomic E-state index is 10.5. The third-order valence-corrected chi connectivity index (χ3v) is 3.42. The topological polar surface area (TPSA) is 49.3 Å². The normalized spacial score (nSPS) is 21.3. The Balaban J connectivity index is 2.05. The van der Waals surface area contributed by atoms with E-state index in [0.29, 0.717) is 6.04 Å². The van der Waals surface area contributed by atoms with Crippen LogP contribution in [0, 0.1) is 0 Å². The first-order valence-electron chi connectivity index (χ1n) is 4.78. The highest BCUT2D eigenvalue weighted by Crippen LogP contribution is 2.27. The summed E-state index contributed by atoms with van der Waals surface area (Å²) >= 11 is 1.54. The number of carboxylic acid groups (broad SMARTS) is 1. The van der Waals surface area contributed by atoms with Crippen molar-refractivity contribution in [1.82, 2.24) is 5.32 Å². The molecule has 2 rings (SSSR count). The first-order valence-corrected chi connectivity index (χ1v) is 5.66. The quantitative estimate of drug-likeness (QED) is 0.801. The second-order valence-corrected chi connectivity index (χ2v) is 4.56. The summed E-state index contributed by atoms with van der Waals surface area (Å²) in [7, 11) is 0. The molecule has 0 saturated carbocycles. The third kappa shape index (κ3) is 2.13. The third-order valence-electron chi connectivity index (χ3n) is 2.46. The fourth-order valence-corrected chi connectivity index (χ4v) is 2.72. The van der Waals surface area contributed by atoms with Crippen LogP contribution >= 0.6 is 11.3 Å². The van der Waals surface area contributed by atoms with E-state index in [1.54, 1.807) is 11.3 Å². The summed E-state index contributed by atoms with van der Waals surface area (Å²) in [4.78, 5) is 11.4. The second kappa shape index (κ2) is 4.11. The highest BCUT2D eigenvalue weighted by Gasteiger charge is 2.17. The second-order valence-electron chi connectivity index (χ2n) is 3.57. The van der Waals surface area contributed by atoms with Gasteiger partial charge in [-0.1, -0.05) is 0 Å². The summed E-state index contributed by atoms with van der Waals surface area (Å²) in [6.07, 6.45) is 2.54. The van der Waals surface area contributed by atoms with E-state index in [2.05, 4.69) is 10.7 Å². The Labute approximate surface area is 86.8 Å². The van der Waals surface area contributed by atoms with Gasteiger partial charge in [0, 0.05) is 10.9 Å². The van der Waals surface area contributed by atoms with Gasteiger partial charge in [-0.05, 0) is 36.4 Å². The van der Waals surface area contributed by atoms with Crippen molar-refractivity contribution in [3.8, 4) is 0 Å². The Morgan fingerprint density at radius 1 is 1.71 bits per heavy atom. The van der Waals surface area contributed by atoms with E-state index in [0.717, 1.165) is 11.4 Å². The highest BCUT2D eigenvalue weighted by molar-refractivity contribution is 7.10. The van der Waals surface area contributed by atoms with Crippen molar-refractivity contribution in [2.24, 2.45) is 0 Å². The first kappa shape index (κ1) is 9.68. The van der Waals surface area contributed by atoms with Gasteiger partial charge in [-0.2, -0.15) is 0 Å². The smallest absolute Gasteiger partial charge is 0.308 e. The monoisotopic (exact) mass is 211 g/mol. The molecule has 2 N–H and O–H groups in total. The van der Waals surface area contributed by atoms with Crippen LogP contribution in [0.4, 0.5) is 0 Å². The van der Waals surface area contributed by atoms with Crippen LogP contribution in [-0.2, 0) is 11.2 Å². The van der Waals surface area contributed by atoms with E-state index in [-0.39, 0.29) is 6.42 Å². The van der Waals surface area contributed by atoms with Gasteiger partial charge in [0.15, 0.2) is 0 Å². The molecule has 0 aliphatic carbocycles. The van der Waals surface area contributed by atoms with Crippen LogP contribution < -0.4 is 5.32 Å². The lowest BCUT2D eigenvalue weighted by molar-refractivity contribution is -0.136. The minimum Gasteiger partial charge on any atom is -0.481 e. The number of carboxylic acids is 1. The molecule has 76 valence electrons. The molecule has 14 heavy (non-hydrogen) atoms. The Morgan fingerprint density at radius 2 is 2.57 bits per heavy atom. The molecule has 1 fully saturated rings. The zero-order valence-electron chi connectivity index (χ0n) is 7.82. The number of thiophene rings is 1. The van der Waals surface area contributed by atoms with Crippen LogP contribution in [-0.4, -0.2) is 17.6 Å². The Hall–Kier alpha value is -0.870. The maximum Gasteiger partial charge on any atom is 0.308 e. The van der Waals surface area contributed by atoms with E-state index in [1.165, 1.54) is 18.4 Å². The Morgan fingerprint density at radius 3 is 3.21 bits per heavy atom. The van der Waals surface area contributed by atoms with Crippen molar-refractivity contribution in [3.05, 3.63) is 21.9 Å². The minimum atomic E-state index is -0.752. The number of carbonyl (C=O) groups is 1. The summed E-state index contributed by atoms with van der Waals surface area (Å²) in [6.45, 7) is 1.08. The molecule has 1 aromatic rings. The number of nitrogens with one attached hydrogen (secondary N) is 1. The molecule has 1 saturated heterocycles. The van der Waals surface area contributed by atoms with Crippen molar-refractivity contribution >= 4 is 17.3 Å². The molecule has 1 aliphatic rings. The predicted molar refractivity (Wildman–Crippen MR) is 55.6 cm³/mol. The van der Waals surface area contributed by atoms with E-state index in [1.807, 2.05) is 6.07 Å². The van der Waals surface area contributed by atoms with Crippen LogP contribution in [0.3, 0.4) is 0 Å². The largest absolute Gasteiger partial charge is 0.481 e. The molecule has 1 unspecified atom stereocenters. The van der Waals surface area contributed by atoms with Gasteiger partial charge < -0.3 is 10.4 Å². The number of hydrogen-bond donors (Lipinski definition) is 2. The zero-order chi connectivity index (χ0) is 9.97. The number of aliphatic carboxylic acids is 1. The molecule has 0 aromatic carbocycles. The van der Waals surface area contributed by atoms with Gasteiger partial charge in [0.05, 0.1) is 6.42 Å². The maximum absolute atomic E-state index is 10.5. The van der Waals surface area contributed by atoms with Crippen LogP contribution in [0.1, 0.15) is 29.3 Å². The molecule has 3 nitrogen and oxygen atoms in total. The van der Waals surface area contributed by atoms with E-state index in [9.17, 15) is 4.79 Å². The molecular formula is C10H13NO2S. The summed E-state index contributed by atoms with van der Waals surface area (Å²) in [6, 6.07) is 2.47. The summed E-state index contributed by atoms with van der Waals surface area (Å²) < 4.78 is 0. The van der Waals surface area contributed by atoms with Gasteiger partial charge in [-0.15, -0.1) is 11.3 Å². The molecule has 1 atom stereocenters.